The predicted octanol–water partition coefficient (Wildman–Crippen LogP) is 4.13. The molecule has 0 radical (unpaired) electrons. The molecule has 3 fully saturated rings. The molecule has 1 aromatic carbocycles. The fraction of sp³-hybridized carbons (Fsp3) is 0.536. The van der Waals surface area contributed by atoms with E-state index >= 15 is 0 Å². The van der Waals surface area contributed by atoms with Crippen molar-refractivity contribution in [3.05, 3.63) is 54.6 Å². The molecule has 2 bridgehead atoms. The lowest BCUT2D eigenvalue weighted by Gasteiger charge is -2.39. The number of aliphatic hydroxyl groups is 1. The SMILES string of the molecule is C=CCN(CCC)C(=O)[C@H]1[C@H]2C(=O)N([C@H](C)CO)C(C(=O)N(CC=C)c3ccccc3Cl)C23CC(Br)[C@@H]1S3. The number of hydrogen-bond donors (Lipinski definition) is 1. The third-order valence-electron chi connectivity index (χ3n) is 7.86. The number of alkyl halides is 1. The van der Waals surface area contributed by atoms with Crippen molar-refractivity contribution < 1.29 is 19.5 Å². The third-order valence-corrected chi connectivity index (χ3v) is 11.4. The summed E-state index contributed by atoms with van der Waals surface area (Å²) in [6.07, 6.45) is 4.68. The molecule has 0 saturated carbocycles. The van der Waals surface area contributed by atoms with Gasteiger partial charge in [-0.3, -0.25) is 14.4 Å². The number of amides is 3. The van der Waals surface area contributed by atoms with E-state index in [0.717, 1.165) is 6.42 Å². The topological polar surface area (TPSA) is 81.2 Å². The maximum atomic E-state index is 14.5. The molecular weight excluding hydrogens is 590 g/mol. The first-order chi connectivity index (χ1) is 18.2. The number of hydrogen-bond acceptors (Lipinski definition) is 5. The number of para-hydroxylation sites is 1. The number of halogens is 2. The number of nitrogens with zero attached hydrogens (tertiary/aromatic N) is 3. The van der Waals surface area contributed by atoms with Crippen LogP contribution in [0.1, 0.15) is 26.7 Å². The van der Waals surface area contributed by atoms with E-state index in [-0.39, 0.29) is 41.0 Å². The quantitative estimate of drug-likeness (QED) is 0.296. The van der Waals surface area contributed by atoms with E-state index in [2.05, 4.69) is 29.1 Å². The van der Waals surface area contributed by atoms with Crippen LogP contribution in [0.3, 0.4) is 0 Å². The summed E-state index contributed by atoms with van der Waals surface area (Å²) in [5, 5.41) is 10.4. The maximum absolute atomic E-state index is 14.5. The van der Waals surface area contributed by atoms with Gasteiger partial charge in [-0.05, 0) is 31.9 Å². The van der Waals surface area contributed by atoms with Crippen LogP contribution >= 0.6 is 39.3 Å². The first-order valence-corrected chi connectivity index (χ1v) is 15.2. The molecule has 3 aliphatic heterocycles. The van der Waals surface area contributed by atoms with Crippen molar-refractivity contribution in [3.63, 3.8) is 0 Å². The van der Waals surface area contributed by atoms with Gasteiger partial charge in [-0.25, -0.2) is 0 Å². The number of rotatable bonds is 11. The van der Waals surface area contributed by atoms with Gasteiger partial charge in [0.05, 0.1) is 39.9 Å². The molecule has 4 rings (SSSR count). The first-order valence-electron chi connectivity index (χ1n) is 13.0. The van der Waals surface area contributed by atoms with Crippen LogP contribution in [0, 0.1) is 11.8 Å². The van der Waals surface area contributed by atoms with E-state index in [1.54, 1.807) is 64.9 Å². The van der Waals surface area contributed by atoms with Crippen LogP contribution in [-0.2, 0) is 14.4 Å². The van der Waals surface area contributed by atoms with Gasteiger partial charge in [0.2, 0.25) is 11.8 Å². The van der Waals surface area contributed by atoms with Gasteiger partial charge in [0.1, 0.15) is 6.04 Å². The van der Waals surface area contributed by atoms with Crippen molar-refractivity contribution in [1.82, 2.24) is 9.80 Å². The molecule has 0 aromatic heterocycles. The number of carbonyl (C=O) groups excluding carboxylic acids is 3. The van der Waals surface area contributed by atoms with Crippen molar-refractivity contribution >= 4 is 62.7 Å². The summed E-state index contributed by atoms with van der Waals surface area (Å²) in [6, 6.07) is 5.62. The Morgan fingerprint density at radius 3 is 2.58 bits per heavy atom. The molecule has 1 aromatic rings. The van der Waals surface area contributed by atoms with Crippen LogP contribution in [0.15, 0.2) is 49.6 Å². The molecule has 3 saturated heterocycles. The minimum atomic E-state index is -0.870. The van der Waals surface area contributed by atoms with Crippen LogP contribution in [0.2, 0.25) is 5.02 Å². The fourth-order valence-electron chi connectivity index (χ4n) is 6.37. The molecule has 0 aliphatic carbocycles. The largest absolute Gasteiger partial charge is 0.394 e. The normalized spacial score (nSPS) is 30.2. The van der Waals surface area contributed by atoms with E-state index < -0.39 is 28.7 Å². The second kappa shape index (κ2) is 11.7. The summed E-state index contributed by atoms with van der Waals surface area (Å²) < 4.78 is -0.816. The molecule has 3 aliphatic rings. The monoisotopic (exact) mass is 623 g/mol. The number of fused-ring (bicyclic) bond motifs is 1. The molecule has 1 spiro atoms. The zero-order chi connectivity index (χ0) is 27.8. The highest BCUT2D eigenvalue weighted by Gasteiger charge is 2.76. The van der Waals surface area contributed by atoms with E-state index in [4.69, 9.17) is 11.6 Å². The smallest absolute Gasteiger partial charge is 0.251 e. The average molecular weight is 625 g/mol. The van der Waals surface area contributed by atoms with Crippen LogP contribution in [0.5, 0.6) is 0 Å². The summed E-state index contributed by atoms with van der Waals surface area (Å²) in [5.74, 6) is -1.84. The Hall–Kier alpha value is -1.81. The average Bonchev–Trinajstić information content (AvgIpc) is 3.49. The number of carbonyl (C=O) groups is 3. The molecule has 3 unspecified atom stereocenters. The van der Waals surface area contributed by atoms with Crippen LogP contribution in [-0.4, -0.2) is 85.8 Å². The number of aliphatic hydroxyl groups excluding tert-OH is 1. The number of benzene rings is 1. The molecule has 10 heteroatoms. The Balaban J connectivity index is 1.82. The molecule has 1 N–H and O–H groups in total. The van der Waals surface area contributed by atoms with Crippen LogP contribution in [0.25, 0.3) is 0 Å². The lowest BCUT2D eigenvalue weighted by molar-refractivity contribution is -0.145. The Morgan fingerprint density at radius 2 is 1.97 bits per heavy atom. The number of anilines is 1. The molecule has 38 heavy (non-hydrogen) atoms. The Bertz CT molecular complexity index is 1120. The third kappa shape index (κ3) is 4.63. The van der Waals surface area contributed by atoms with Gasteiger partial charge in [0, 0.05) is 29.7 Å². The van der Waals surface area contributed by atoms with Crippen molar-refractivity contribution in [3.8, 4) is 0 Å². The van der Waals surface area contributed by atoms with Crippen molar-refractivity contribution in [2.75, 3.05) is 31.1 Å². The molecule has 7 nitrogen and oxygen atoms in total. The van der Waals surface area contributed by atoms with E-state index in [1.165, 1.54) is 4.90 Å². The van der Waals surface area contributed by atoms with Gasteiger partial charge in [-0.15, -0.1) is 24.9 Å². The minimum Gasteiger partial charge on any atom is -0.394 e. The summed E-state index contributed by atoms with van der Waals surface area (Å²) in [4.78, 5) is 47.5. The zero-order valence-electron chi connectivity index (χ0n) is 21.8. The van der Waals surface area contributed by atoms with Gasteiger partial charge >= 0.3 is 0 Å². The summed E-state index contributed by atoms with van der Waals surface area (Å²) in [6.45, 7) is 12.3. The standard InChI is InChI=1S/C28H35BrClN3O4S/c1-5-12-31(13-6-2)25(35)21-22-26(36)33(17(4)16-34)24(28(22)15-18(29)23(21)38-28)27(37)32(14-7-3)20-11-9-8-10-19(20)30/h5,7-11,17-18,21-24,34H,1,3,6,12-16H2,2,4H3/t17-,18?,21+,22+,23+,24?,28?/m1/s1. The van der Waals surface area contributed by atoms with Crippen LogP contribution < -0.4 is 4.90 Å². The second-order valence-electron chi connectivity index (χ2n) is 10.2. The fourth-order valence-corrected chi connectivity index (χ4v) is 10.2. The highest BCUT2D eigenvalue weighted by molar-refractivity contribution is 9.09. The first kappa shape index (κ1) is 29.2. The zero-order valence-corrected chi connectivity index (χ0v) is 24.9. The molecule has 3 heterocycles. The van der Waals surface area contributed by atoms with Crippen molar-refractivity contribution in [2.45, 2.75) is 53.6 Å². The van der Waals surface area contributed by atoms with Crippen molar-refractivity contribution in [1.29, 1.82) is 0 Å². The Labute approximate surface area is 242 Å². The Morgan fingerprint density at radius 1 is 1.29 bits per heavy atom. The van der Waals surface area contributed by atoms with Gasteiger partial charge < -0.3 is 19.8 Å². The lowest BCUT2D eigenvalue weighted by Crippen LogP contribution is -2.57. The molecular formula is C28H35BrClN3O4S. The van der Waals surface area contributed by atoms with Gasteiger partial charge in [0.15, 0.2) is 0 Å². The van der Waals surface area contributed by atoms with E-state index in [9.17, 15) is 19.5 Å². The number of likely N-dealkylation sites (tertiary alicyclic amines) is 1. The van der Waals surface area contributed by atoms with Gasteiger partial charge in [-0.1, -0.05) is 58.7 Å². The molecule has 3 amide bonds. The highest BCUT2D eigenvalue weighted by atomic mass is 79.9. The van der Waals surface area contributed by atoms with Gasteiger partial charge in [-0.2, -0.15) is 0 Å². The van der Waals surface area contributed by atoms with E-state index in [1.807, 2.05) is 6.92 Å². The number of thioether (sulfide) groups is 1. The highest BCUT2D eigenvalue weighted by Crippen LogP contribution is 2.68. The molecule has 7 atom stereocenters. The predicted molar refractivity (Wildman–Crippen MR) is 157 cm³/mol. The minimum absolute atomic E-state index is 0.0365. The second-order valence-corrected chi connectivity index (χ2v) is 13.3. The maximum Gasteiger partial charge on any atom is 0.251 e. The summed E-state index contributed by atoms with van der Waals surface area (Å²) in [5.41, 5.74) is 0.531. The van der Waals surface area contributed by atoms with E-state index in [0.29, 0.717) is 30.2 Å². The summed E-state index contributed by atoms with van der Waals surface area (Å²) in [7, 11) is 0. The van der Waals surface area contributed by atoms with Gasteiger partial charge in [0.25, 0.3) is 5.91 Å². The lowest BCUT2D eigenvalue weighted by atomic mass is 9.70. The van der Waals surface area contributed by atoms with Crippen molar-refractivity contribution in [2.24, 2.45) is 11.8 Å². The van der Waals surface area contributed by atoms with Crippen LogP contribution in [0.4, 0.5) is 5.69 Å². The Kier molecular flexibility index (Phi) is 9.02. The molecule has 206 valence electrons. The summed E-state index contributed by atoms with van der Waals surface area (Å²) >= 11 is 11.9.